The number of para-hydroxylation sites is 2. The van der Waals surface area contributed by atoms with Crippen molar-refractivity contribution in [3.05, 3.63) is 52.6 Å². The summed E-state index contributed by atoms with van der Waals surface area (Å²) in [6.07, 6.45) is 2.03. The lowest BCUT2D eigenvalue weighted by molar-refractivity contribution is 0.0943. The summed E-state index contributed by atoms with van der Waals surface area (Å²) in [5.41, 5.74) is 2.99. The van der Waals surface area contributed by atoms with Gasteiger partial charge in [0.1, 0.15) is 11.2 Å². The monoisotopic (exact) mass is 453 g/mol. The lowest BCUT2D eigenvalue weighted by Crippen LogP contribution is -2.40. The first-order chi connectivity index (χ1) is 14.1. The number of amides is 1. The molecule has 1 N–H and O–H groups in total. The Labute approximate surface area is 175 Å². The second-order valence-corrected chi connectivity index (χ2v) is 8.21. The van der Waals surface area contributed by atoms with Crippen molar-refractivity contribution in [2.24, 2.45) is 7.05 Å². The molecular formula is C21H20BrN5O2. The molecule has 1 saturated heterocycles. The number of benzene rings is 2. The van der Waals surface area contributed by atoms with Crippen LogP contribution in [0.3, 0.4) is 0 Å². The van der Waals surface area contributed by atoms with Crippen LogP contribution in [0.25, 0.3) is 22.0 Å². The van der Waals surface area contributed by atoms with Crippen molar-refractivity contribution in [1.82, 2.24) is 20.1 Å². The van der Waals surface area contributed by atoms with E-state index >= 15 is 0 Å². The summed E-state index contributed by atoms with van der Waals surface area (Å²) < 4.78 is 8.51. The van der Waals surface area contributed by atoms with E-state index in [1.54, 1.807) is 11.7 Å². The van der Waals surface area contributed by atoms with Gasteiger partial charge in [0, 0.05) is 30.0 Å². The van der Waals surface area contributed by atoms with E-state index in [2.05, 4.69) is 36.2 Å². The van der Waals surface area contributed by atoms with Crippen LogP contribution >= 0.6 is 15.9 Å². The Bertz CT molecular complexity index is 1180. The highest BCUT2D eigenvalue weighted by Gasteiger charge is 2.29. The van der Waals surface area contributed by atoms with E-state index in [0.717, 1.165) is 45.9 Å². The molecule has 7 nitrogen and oxygen atoms in total. The second-order valence-electron chi connectivity index (χ2n) is 7.30. The summed E-state index contributed by atoms with van der Waals surface area (Å²) in [5, 5.41) is 8.38. The fourth-order valence-electron chi connectivity index (χ4n) is 4.02. The predicted molar refractivity (Wildman–Crippen MR) is 115 cm³/mol. The summed E-state index contributed by atoms with van der Waals surface area (Å²) >= 11 is 3.45. The maximum Gasteiger partial charge on any atom is 0.298 e. The van der Waals surface area contributed by atoms with Gasteiger partial charge in [-0.05, 0) is 43.2 Å². The number of nitrogens with zero attached hydrogens (tertiary/aromatic N) is 4. The summed E-state index contributed by atoms with van der Waals surface area (Å²) in [4.78, 5) is 19.7. The van der Waals surface area contributed by atoms with E-state index in [0.29, 0.717) is 18.3 Å². The number of halogens is 1. The zero-order valence-electron chi connectivity index (χ0n) is 15.9. The zero-order chi connectivity index (χ0) is 20.0. The zero-order valence-corrected chi connectivity index (χ0v) is 17.5. The Morgan fingerprint density at radius 2 is 2.14 bits per heavy atom. The van der Waals surface area contributed by atoms with Crippen molar-refractivity contribution in [3.63, 3.8) is 0 Å². The van der Waals surface area contributed by atoms with Crippen molar-refractivity contribution in [3.8, 4) is 0 Å². The minimum Gasteiger partial charge on any atom is -0.423 e. The van der Waals surface area contributed by atoms with Gasteiger partial charge in [-0.25, -0.2) is 0 Å². The van der Waals surface area contributed by atoms with Gasteiger partial charge in [0.15, 0.2) is 5.58 Å². The molecule has 29 heavy (non-hydrogen) atoms. The van der Waals surface area contributed by atoms with Crippen molar-refractivity contribution in [2.75, 3.05) is 18.0 Å². The fourth-order valence-corrected chi connectivity index (χ4v) is 4.37. The third-order valence-corrected chi connectivity index (χ3v) is 5.91. The molecule has 3 heterocycles. The summed E-state index contributed by atoms with van der Waals surface area (Å²) in [5.74, 6) is -0.123. The number of hydrogen-bond donors (Lipinski definition) is 1. The maximum absolute atomic E-state index is 12.9. The number of hydrogen-bond acceptors (Lipinski definition) is 5. The highest BCUT2D eigenvalue weighted by atomic mass is 79.9. The van der Waals surface area contributed by atoms with Crippen LogP contribution in [0.15, 0.2) is 51.4 Å². The first kappa shape index (κ1) is 18.2. The summed E-state index contributed by atoms with van der Waals surface area (Å²) in [6.45, 7) is 1.40. The minimum absolute atomic E-state index is 0.123. The first-order valence-corrected chi connectivity index (χ1v) is 10.4. The molecule has 0 radical (unpaired) electrons. The van der Waals surface area contributed by atoms with E-state index in [1.165, 1.54) is 0 Å². The largest absolute Gasteiger partial charge is 0.423 e. The average molecular weight is 454 g/mol. The number of aromatic nitrogens is 3. The minimum atomic E-state index is -0.123. The van der Waals surface area contributed by atoms with Crippen molar-refractivity contribution in [2.45, 2.75) is 18.9 Å². The van der Waals surface area contributed by atoms with Gasteiger partial charge in [-0.1, -0.05) is 28.1 Å². The predicted octanol–water partition coefficient (Wildman–Crippen LogP) is 3.88. The van der Waals surface area contributed by atoms with Gasteiger partial charge in [0.2, 0.25) is 0 Å². The van der Waals surface area contributed by atoms with E-state index in [-0.39, 0.29) is 11.9 Å². The number of fused-ring (bicyclic) bond motifs is 2. The molecule has 8 heteroatoms. The van der Waals surface area contributed by atoms with Crippen LogP contribution in [-0.2, 0) is 7.05 Å². The molecule has 1 unspecified atom stereocenters. The Balaban J connectivity index is 1.34. The molecule has 0 saturated carbocycles. The van der Waals surface area contributed by atoms with Crippen molar-refractivity contribution < 1.29 is 9.21 Å². The molecule has 148 valence electrons. The average Bonchev–Trinajstić information content (AvgIpc) is 3.41. The van der Waals surface area contributed by atoms with Crippen LogP contribution in [0.2, 0.25) is 0 Å². The Kier molecular flexibility index (Phi) is 4.50. The first-order valence-electron chi connectivity index (χ1n) is 9.63. The number of aryl methyl sites for hydroxylation is 1. The van der Waals surface area contributed by atoms with Crippen LogP contribution in [0.5, 0.6) is 0 Å². The Hall–Kier alpha value is -2.87. The van der Waals surface area contributed by atoms with Gasteiger partial charge in [-0.15, -0.1) is 0 Å². The van der Waals surface area contributed by atoms with Crippen LogP contribution in [-0.4, -0.2) is 39.8 Å². The number of carbonyl (C=O) groups excluding carboxylic acids is 1. The highest BCUT2D eigenvalue weighted by molar-refractivity contribution is 9.10. The Morgan fingerprint density at radius 3 is 3.00 bits per heavy atom. The lowest BCUT2D eigenvalue weighted by atomic mass is 10.2. The van der Waals surface area contributed by atoms with E-state index < -0.39 is 0 Å². The third kappa shape index (κ3) is 3.27. The molecule has 2 aromatic heterocycles. The van der Waals surface area contributed by atoms with Crippen molar-refractivity contribution >= 4 is 49.9 Å². The number of carbonyl (C=O) groups is 1. The molecule has 1 aliphatic rings. The number of oxazole rings is 1. The number of nitrogens with one attached hydrogen (secondary N) is 1. The molecule has 0 bridgehead atoms. The van der Waals surface area contributed by atoms with Gasteiger partial charge < -0.3 is 14.6 Å². The molecule has 1 aliphatic heterocycles. The Morgan fingerprint density at radius 1 is 1.28 bits per heavy atom. The molecule has 5 rings (SSSR count). The van der Waals surface area contributed by atoms with Gasteiger partial charge in [-0.2, -0.15) is 10.1 Å². The molecule has 0 aliphatic carbocycles. The molecule has 1 fully saturated rings. The van der Waals surface area contributed by atoms with Crippen LogP contribution in [0.1, 0.15) is 23.3 Å². The van der Waals surface area contributed by atoms with Crippen LogP contribution < -0.4 is 10.2 Å². The van der Waals surface area contributed by atoms with E-state index in [1.807, 2.05) is 42.5 Å². The van der Waals surface area contributed by atoms with Crippen molar-refractivity contribution in [1.29, 1.82) is 0 Å². The molecular weight excluding hydrogens is 434 g/mol. The number of rotatable bonds is 4. The lowest BCUT2D eigenvalue weighted by Gasteiger charge is -2.23. The highest BCUT2D eigenvalue weighted by Crippen LogP contribution is 2.28. The summed E-state index contributed by atoms with van der Waals surface area (Å²) in [7, 11) is 1.79. The van der Waals surface area contributed by atoms with Crippen LogP contribution in [0.4, 0.5) is 6.01 Å². The SMILES string of the molecule is Cn1nc2cc(Br)ccc2c1C(=O)NCC1CCCN1c1nc2ccccc2o1. The van der Waals surface area contributed by atoms with E-state index in [4.69, 9.17) is 4.42 Å². The summed E-state index contributed by atoms with van der Waals surface area (Å²) in [6, 6.07) is 14.3. The molecule has 4 aromatic rings. The van der Waals surface area contributed by atoms with Gasteiger partial charge in [-0.3, -0.25) is 9.48 Å². The second kappa shape index (κ2) is 7.18. The quantitative estimate of drug-likeness (QED) is 0.507. The smallest absolute Gasteiger partial charge is 0.298 e. The molecule has 1 atom stereocenters. The number of anilines is 1. The van der Waals surface area contributed by atoms with Gasteiger partial charge >= 0.3 is 0 Å². The topological polar surface area (TPSA) is 76.2 Å². The molecule has 2 aromatic carbocycles. The fraction of sp³-hybridized carbons (Fsp3) is 0.286. The molecule has 1 amide bonds. The molecule has 0 spiro atoms. The van der Waals surface area contributed by atoms with Gasteiger partial charge in [0.25, 0.3) is 11.9 Å². The van der Waals surface area contributed by atoms with Crippen LogP contribution in [0, 0.1) is 0 Å². The maximum atomic E-state index is 12.9. The van der Waals surface area contributed by atoms with E-state index in [9.17, 15) is 4.79 Å². The third-order valence-electron chi connectivity index (χ3n) is 5.41. The standard InChI is InChI=1S/C21H20BrN5O2/c1-26-19(15-9-8-13(22)11-17(15)25-26)20(28)23-12-14-5-4-10-27(14)21-24-16-6-2-3-7-18(16)29-21/h2-3,6-9,11,14H,4-5,10,12H2,1H3,(H,23,28). The van der Waals surface area contributed by atoms with Gasteiger partial charge in [0.05, 0.1) is 11.6 Å². The normalized spacial score (nSPS) is 16.8.